The van der Waals surface area contributed by atoms with Crippen molar-refractivity contribution in [1.29, 1.82) is 0 Å². The highest BCUT2D eigenvalue weighted by molar-refractivity contribution is 7.99. The van der Waals surface area contributed by atoms with Gasteiger partial charge in [-0.15, -0.1) is 0 Å². The van der Waals surface area contributed by atoms with Crippen LogP contribution in [0.25, 0.3) is 0 Å². The average molecular weight is 407 g/mol. The molecule has 138 valence electrons. The van der Waals surface area contributed by atoms with Crippen molar-refractivity contribution in [3.05, 3.63) is 82.9 Å². The molecule has 0 fully saturated rings. The van der Waals surface area contributed by atoms with Gasteiger partial charge in [0.1, 0.15) is 11.6 Å². The fraction of sp³-hybridized carbons (Fsp3) is 0.0500. The van der Waals surface area contributed by atoms with Gasteiger partial charge in [0.05, 0.1) is 6.42 Å². The van der Waals surface area contributed by atoms with Crippen LogP contribution in [0.1, 0.15) is 5.56 Å². The minimum absolute atomic E-state index is 0.0120. The van der Waals surface area contributed by atoms with Crippen LogP contribution in [0.4, 0.5) is 8.78 Å². The Morgan fingerprint density at radius 3 is 2.37 bits per heavy atom. The molecule has 0 atom stereocenters. The number of halogens is 3. The zero-order chi connectivity index (χ0) is 19.4. The Bertz CT molecular complexity index is 977. The Morgan fingerprint density at radius 1 is 1.00 bits per heavy atom. The predicted molar refractivity (Wildman–Crippen MR) is 99.8 cm³/mol. The van der Waals surface area contributed by atoms with Crippen molar-refractivity contribution in [1.82, 2.24) is 0 Å². The summed E-state index contributed by atoms with van der Waals surface area (Å²) in [5, 5.41) is 9.18. The highest BCUT2D eigenvalue weighted by Gasteiger charge is 2.10. The quantitative estimate of drug-likeness (QED) is 0.530. The number of carboxylic acids is 1. The van der Waals surface area contributed by atoms with E-state index in [1.165, 1.54) is 54.2 Å². The minimum atomic E-state index is -1.00. The number of aliphatic carboxylic acids is 1. The molecular formula is C20H13ClF2O3S. The van der Waals surface area contributed by atoms with Crippen LogP contribution in [0.5, 0.6) is 11.5 Å². The molecule has 0 spiro atoms. The van der Waals surface area contributed by atoms with Gasteiger partial charge in [-0.1, -0.05) is 23.4 Å². The lowest BCUT2D eigenvalue weighted by Crippen LogP contribution is -2.00. The molecule has 0 unspecified atom stereocenters. The van der Waals surface area contributed by atoms with E-state index in [-0.39, 0.29) is 23.7 Å². The Hall–Kier alpha value is -2.57. The van der Waals surface area contributed by atoms with Gasteiger partial charge < -0.3 is 9.84 Å². The summed E-state index contributed by atoms with van der Waals surface area (Å²) in [6, 6.07) is 14.8. The molecule has 0 amide bonds. The van der Waals surface area contributed by atoms with E-state index in [9.17, 15) is 13.6 Å². The summed E-state index contributed by atoms with van der Waals surface area (Å²) < 4.78 is 32.9. The van der Waals surface area contributed by atoms with E-state index in [4.69, 9.17) is 21.4 Å². The summed E-state index contributed by atoms with van der Waals surface area (Å²) in [6.07, 6.45) is -0.216. The summed E-state index contributed by atoms with van der Waals surface area (Å²) in [7, 11) is 0. The summed E-state index contributed by atoms with van der Waals surface area (Å²) in [5.41, 5.74) is 0.453. The molecule has 7 heteroatoms. The molecule has 3 aromatic rings. The van der Waals surface area contributed by atoms with E-state index in [2.05, 4.69) is 0 Å². The summed E-state index contributed by atoms with van der Waals surface area (Å²) in [4.78, 5) is 12.2. The van der Waals surface area contributed by atoms with Crippen LogP contribution >= 0.6 is 23.4 Å². The van der Waals surface area contributed by atoms with Gasteiger partial charge in [-0.25, -0.2) is 8.78 Å². The second-order valence-electron chi connectivity index (χ2n) is 5.62. The normalized spacial score (nSPS) is 10.6. The molecule has 0 aliphatic heterocycles. The summed E-state index contributed by atoms with van der Waals surface area (Å²) in [6.45, 7) is 0. The predicted octanol–water partition coefficient (Wildman–Crippen LogP) is 6.19. The lowest BCUT2D eigenvalue weighted by molar-refractivity contribution is -0.136. The van der Waals surface area contributed by atoms with Crippen molar-refractivity contribution >= 4 is 29.3 Å². The Kier molecular flexibility index (Phi) is 5.98. The number of ether oxygens (including phenoxy) is 1. The van der Waals surface area contributed by atoms with Crippen LogP contribution in [-0.2, 0) is 11.2 Å². The monoisotopic (exact) mass is 406 g/mol. The van der Waals surface area contributed by atoms with Crippen molar-refractivity contribution in [3.63, 3.8) is 0 Å². The van der Waals surface area contributed by atoms with E-state index in [1.807, 2.05) is 0 Å². The van der Waals surface area contributed by atoms with E-state index in [0.717, 1.165) is 4.90 Å². The third-order valence-electron chi connectivity index (χ3n) is 3.47. The van der Waals surface area contributed by atoms with Gasteiger partial charge in [0.2, 0.25) is 0 Å². The van der Waals surface area contributed by atoms with E-state index in [0.29, 0.717) is 15.5 Å². The number of hydrogen-bond acceptors (Lipinski definition) is 3. The SMILES string of the molecule is O=C(O)Cc1cc(Cl)cc(Oc2ccc(Sc3ccc(F)cc3)cc2F)c1. The highest BCUT2D eigenvalue weighted by Crippen LogP contribution is 2.33. The number of benzene rings is 3. The fourth-order valence-corrected chi connectivity index (χ4v) is 3.44. The number of carboxylic acid groups (broad SMARTS) is 1. The van der Waals surface area contributed by atoms with Crippen LogP contribution in [-0.4, -0.2) is 11.1 Å². The van der Waals surface area contributed by atoms with Crippen LogP contribution < -0.4 is 4.74 Å². The van der Waals surface area contributed by atoms with Crippen molar-refractivity contribution in [3.8, 4) is 11.5 Å². The third kappa shape index (κ3) is 5.45. The number of hydrogen-bond donors (Lipinski definition) is 1. The Morgan fingerprint density at radius 2 is 1.70 bits per heavy atom. The Balaban J connectivity index is 1.77. The molecule has 0 heterocycles. The first-order chi connectivity index (χ1) is 12.9. The molecule has 0 saturated carbocycles. The minimum Gasteiger partial charge on any atom is -0.481 e. The van der Waals surface area contributed by atoms with E-state index < -0.39 is 11.8 Å². The summed E-state index contributed by atoms with van der Waals surface area (Å²) >= 11 is 7.26. The van der Waals surface area contributed by atoms with Gasteiger partial charge in [-0.05, 0) is 66.2 Å². The molecule has 27 heavy (non-hydrogen) atoms. The maximum Gasteiger partial charge on any atom is 0.307 e. The van der Waals surface area contributed by atoms with Gasteiger partial charge in [0.25, 0.3) is 0 Å². The maximum atomic E-state index is 14.4. The maximum absolute atomic E-state index is 14.4. The standard InChI is InChI=1S/C20H13ClF2O3S/c21-13-7-12(9-20(24)25)8-15(10-13)26-19-6-5-17(11-18(19)23)27-16-3-1-14(22)2-4-16/h1-8,10-11H,9H2,(H,24,25). The number of rotatable bonds is 6. The lowest BCUT2D eigenvalue weighted by atomic mass is 10.1. The zero-order valence-electron chi connectivity index (χ0n) is 13.8. The fourth-order valence-electron chi connectivity index (χ4n) is 2.35. The van der Waals surface area contributed by atoms with Crippen molar-refractivity contribution in [2.75, 3.05) is 0 Å². The molecule has 0 saturated heterocycles. The van der Waals surface area contributed by atoms with Gasteiger partial charge >= 0.3 is 5.97 Å². The van der Waals surface area contributed by atoms with Crippen molar-refractivity contribution in [2.45, 2.75) is 16.2 Å². The molecule has 0 aliphatic rings. The van der Waals surface area contributed by atoms with E-state index >= 15 is 0 Å². The molecule has 3 nitrogen and oxygen atoms in total. The molecule has 0 aliphatic carbocycles. The first kappa shape index (κ1) is 19.2. The van der Waals surface area contributed by atoms with Gasteiger partial charge in [-0.2, -0.15) is 0 Å². The first-order valence-corrected chi connectivity index (χ1v) is 9.00. The average Bonchev–Trinajstić information content (AvgIpc) is 2.58. The molecule has 0 radical (unpaired) electrons. The summed E-state index contributed by atoms with van der Waals surface area (Å²) in [5.74, 6) is -1.69. The topological polar surface area (TPSA) is 46.5 Å². The molecule has 0 bridgehead atoms. The van der Waals surface area contributed by atoms with E-state index in [1.54, 1.807) is 18.2 Å². The van der Waals surface area contributed by atoms with Crippen LogP contribution in [0.3, 0.4) is 0 Å². The molecule has 3 aromatic carbocycles. The molecule has 1 N–H and O–H groups in total. The van der Waals surface area contributed by atoms with Gasteiger partial charge in [0.15, 0.2) is 11.6 Å². The van der Waals surface area contributed by atoms with Crippen LogP contribution in [0.2, 0.25) is 5.02 Å². The third-order valence-corrected chi connectivity index (χ3v) is 4.68. The van der Waals surface area contributed by atoms with Crippen molar-refractivity contribution < 1.29 is 23.4 Å². The molecule has 3 rings (SSSR count). The highest BCUT2D eigenvalue weighted by atomic mass is 35.5. The van der Waals surface area contributed by atoms with Crippen LogP contribution in [0, 0.1) is 11.6 Å². The number of carbonyl (C=O) groups is 1. The second-order valence-corrected chi connectivity index (χ2v) is 7.20. The van der Waals surface area contributed by atoms with Crippen molar-refractivity contribution in [2.24, 2.45) is 0 Å². The first-order valence-electron chi connectivity index (χ1n) is 7.81. The largest absolute Gasteiger partial charge is 0.481 e. The lowest BCUT2D eigenvalue weighted by Gasteiger charge is -2.10. The van der Waals surface area contributed by atoms with Gasteiger partial charge in [-0.3, -0.25) is 4.79 Å². The zero-order valence-corrected chi connectivity index (χ0v) is 15.4. The van der Waals surface area contributed by atoms with Gasteiger partial charge in [0, 0.05) is 14.8 Å². The Labute approximate surface area is 163 Å². The molecular weight excluding hydrogens is 394 g/mol. The smallest absolute Gasteiger partial charge is 0.307 e. The molecule has 0 aromatic heterocycles. The van der Waals surface area contributed by atoms with Crippen LogP contribution in [0.15, 0.2) is 70.5 Å². The second kappa shape index (κ2) is 8.41.